The first-order valence-electron chi connectivity index (χ1n) is 8.41. The lowest BCUT2D eigenvalue weighted by Gasteiger charge is -2.34. The molecule has 1 aromatic heterocycles. The van der Waals surface area contributed by atoms with E-state index in [0.717, 1.165) is 18.7 Å². The summed E-state index contributed by atoms with van der Waals surface area (Å²) in [5, 5.41) is 5.27. The van der Waals surface area contributed by atoms with E-state index in [9.17, 15) is 4.79 Å². The van der Waals surface area contributed by atoms with Gasteiger partial charge in [0.25, 0.3) is 0 Å². The maximum absolute atomic E-state index is 12.2. The molecule has 0 aliphatic carbocycles. The quantitative estimate of drug-likeness (QED) is 0.878. The van der Waals surface area contributed by atoms with Crippen LogP contribution in [0.2, 0.25) is 0 Å². The van der Waals surface area contributed by atoms with Crippen LogP contribution in [-0.2, 0) is 11.2 Å². The number of benzene rings is 1. The molecular weight excluding hydrogens is 304 g/mol. The van der Waals surface area contributed by atoms with Gasteiger partial charge in [0, 0.05) is 11.4 Å². The Labute approximate surface area is 142 Å². The lowest BCUT2D eigenvalue weighted by molar-refractivity contribution is -0.120. The van der Waals surface area contributed by atoms with Crippen LogP contribution in [0.3, 0.4) is 0 Å². The van der Waals surface area contributed by atoms with Gasteiger partial charge in [-0.15, -0.1) is 11.3 Å². The third-order valence-electron chi connectivity index (χ3n) is 4.40. The van der Waals surface area contributed by atoms with Crippen LogP contribution < -0.4 is 5.32 Å². The van der Waals surface area contributed by atoms with Crippen molar-refractivity contribution in [2.75, 3.05) is 19.6 Å². The minimum atomic E-state index is 0.106. The summed E-state index contributed by atoms with van der Waals surface area (Å²) in [7, 11) is 0. The van der Waals surface area contributed by atoms with E-state index in [4.69, 9.17) is 0 Å². The average molecular weight is 328 g/mol. The fraction of sp³-hybridized carbons (Fsp3) is 0.421. The fourth-order valence-electron chi connectivity index (χ4n) is 3.17. The average Bonchev–Trinajstić information content (AvgIpc) is 3.11. The number of nitrogens with zero attached hydrogens (tertiary/aromatic N) is 1. The summed E-state index contributed by atoms with van der Waals surface area (Å²) in [5.74, 6) is 0.106. The third-order valence-corrected chi connectivity index (χ3v) is 5.38. The number of nitrogens with one attached hydrogen (secondary N) is 1. The number of amides is 1. The number of likely N-dealkylation sites (tertiary alicyclic amines) is 1. The number of hydrogen-bond donors (Lipinski definition) is 1. The van der Waals surface area contributed by atoms with Crippen molar-refractivity contribution in [3.05, 3.63) is 58.3 Å². The highest BCUT2D eigenvalue weighted by molar-refractivity contribution is 7.10. The second kappa shape index (κ2) is 8.27. The minimum Gasteiger partial charge on any atom is -0.354 e. The maximum atomic E-state index is 12.2. The van der Waals surface area contributed by atoms with E-state index >= 15 is 0 Å². The van der Waals surface area contributed by atoms with Crippen LogP contribution in [0.15, 0.2) is 47.8 Å². The summed E-state index contributed by atoms with van der Waals surface area (Å²) in [6.45, 7) is 2.97. The molecule has 122 valence electrons. The molecule has 1 atom stereocenters. The van der Waals surface area contributed by atoms with Crippen molar-refractivity contribution in [3.8, 4) is 0 Å². The summed E-state index contributed by atoms with van der Waals surface area (Å²) in [4.78, 5) is 16.1. The minimum absolute atomic E-state index is 0.106. The molecule has 1 amide bonds. The molecule has 1 N–H and O–H groups in total. The topological polar surface area (TPSA) is 32.3 Å². The highest BCUT2D eigenvalue weighted by Gasteiger charge is 2.23. The van der Waals surface area contributed by atoms with Gasteiger partial charge < -0.3 is 5.32 Å². The van der Waals surface area contributed by atoms with Gasteiger partial charge in [-0.05, 0) is 42.9 Å². The molecule has 2 aromatic rings. The molecule has 23 heavy (non-hydrogen) atoms. The van der Waals surface area contributed by atoms with E-state index < -0.39 is 0 Å². The Bertz CT molecular complexity index is 591. The Morgan fingerprint density at radius 1 is 1.09 bits per heavy atom. The first-order valence-corrected chi connectivity index (χ1v) is 9.29. The van der Waals surface area contributed by atoms with E-state index in [1.54, 1.807) is 11.3 Å². The van der Waals surface area contributed by atoms with E-state index in [1.807, 2.05) is 30.3 Å². The van der Waals surface area contributed by atoms with E-state index in [0.29, 0.717) is 19.0 Å². The lowest BCUT2D eigenvalue weighted by Crippen LogP contribution is -2.40. The largest absolute Gasteiger partial charge is 0.354 e. The predicted molar refractivity (Wildman–Crippen MR) is 95.6 cm³/mol. The van der Waals surface area contributed by atoms with Gasteiger partial charge in [-0.1, -0.05) is 42.8 Å². The second-order valence-electron chi connectivity index (χ2n) is 6.09. The van der Waals surface area contributed by atoms with E-state index in [-0.39, 0.29) is 5.91 Å². The number of piperidine rings is 1. The summed E-state index contributed by atoms with van der Waals surface area (Å²) in [6, 6.07) is 14.5. The first kappa shape index (κ1) is 16.2. The van der Waals surface area contributed by atoms with Crippen molar-refractivity contribution >= 4 is 17.2 Å². The molecule has 1 aliphatic rings. The van der Waals surface area contributed by atoms with E-state index in [2.05, 4.69) is 27.7 Å². The highest BCUT2D eigenvalue weighted by atomic mass is 32.1. The number of thiophene rings is 1. The standard InChI is InChI=1S/C19H24N2OS/c22-19(14-16-8-3-1-4-9-16)20-15-17(18-10-7-13-23-18)21-11-5-2-6-12-21/h1,3-4,7-10,13,17H,2,5-6,11-12,14-15H2,(H,20,22)/t17-/m1/s1. The van der Waals surface area contributed by atoms with Gasteiger partial charge in [0.2, 0.25) is 5.91 Å². The Hall–Kier alpha value is -1.65. The van der Waals surface area contributed by atoms with Crippen molar-refractivity contribution in [1.29, 1.82) is 0 Å². The van der Waals surface area contributed by atoms with Gasteiger partial charge in [0.15, 0.2) is 0 Å². The second-order valence-corrected chi connectivity index (χ2v) is 7.07. The number of carbonyl (C=O) groups excluding carboxylic acids is 1. The fourth-order valence-corrected chi connectivity index (χ4v) is 4.04. The number of rotatable bonds is 6. The molecule has 3 nitrogen and oxygen atoms in total. The Balaban J connectivity index is 1.59. The smallest absolute Gasteiger partial charge is 0.224 e. The summed E-state index contributed by atoms with van der Waals surface area (Å²) < 4.78 is 0. The van der Waals surface area contributed by atoms with Crippen molar-refractivity contribution in [2.24, 2.45) is 0 Å². The molecule has 0 saturated carbocycles. The highest BCUT2D eigenvalue weighted by Crippen LogP contribution is 2.27. The van der Waals surface area contributed by atoms with Crippen LogP contribution in [0.25, 0.3) is 0 Å². The maximum Gasteiger partial charge on any atom is 0.224 e. The molecule has 3 rings (SSSR count). The van der Waals surface area contributed by atoms with Crippen LogP contribution in [0.5, 0.6) is 0 Å². The van der Waals surface area contributed by atoms with E-state index in [1.165, 1.54) is 24.1 Å². The van der Waals surface area contributed by atoms with Gasteiger partial charge in [-0.3, -0.25) is 9.69 Å². The van der Waals surface area contributed by atoms with Crippen LogP contribution in [0, 0.1) is 0 Å². The van der Waals surface area contributed by atoms with Crippen LogP contribution in [0.4, 0.5) is 0 Å². The normalized spacial score (nSPS) is 16.9. The molecular formula is C19H24N2OS. The summed E-state index contributed by atoms with van der Waals surface area (Å²) in [6.07, 6.45) is 4.31. The lowest BCUT2D eigenvalue weighted by atomic mass is 10.1. The Morgan fingerprint density at radius 3 is 2.57 bits per heavy atom. The number of carbonyl (C=O) groups is 1. The van der Waals surface area contributed by atoms with Gasteiger partial charge in [-0.25, -0.2) is 0 Å². The third kappa shape index (κ3) is 4.66. The van der Waals surface area contributed by atoms with Gasteiger partial charge in [0.05, 0.1) is 12.5 Å². The SMILES string of the molecule is O=C(Cc1ccccc1)NC[C@H](c1cccs1)N1CCCCC1. The molecule has 1 aliphatic heterocycles. The molecule has 0 unspecified atom stereocenters. The summed E-state index contributed by atoms with van der Waals surface area (Å²) in [5.41, 5.74) is 1.07. The van der Waals surface area contributed by atoms with Crippen LogP contribution in [-0.4, -0.2) is 30.4 Å². The molecule has 1 aromatic carbocycles. The Morgan fingerprint density at radius 2 is 1.87 bits per heavy atom. The molecule has 0 bridgehead atoms. The van der Waals surface area contributed by atoms with Crippen molar-refractivity contribution in [2.45, 2.75) is 31.7 Å². The van der Waals surface area contributed by atoms with Gasteiger partial charge >= 0.3 is 0 Å². The van der Waals surface area contributed by atoms with Crippen molar-refractivity contribution in [3.63, 3.8) is 0 Å². The van der Waals surface area contributed by atoms with Crippen molar-refractivity contribution in [1.82, 2.24) is 10.2 Å². The first-order chi connectivity index (χ1) is 11.3. The zero-order valence-corrected chi connectivity index (χ0v) is 14.2. The summed E-state index contributed by atoms with van der Waals surface area (Å²) >= 11 is 1.79. The van der Waals surface area contributed by atoms with Gasteiger partial charge in [0.1, 0.15) is 0 Å². The van der Waals surface area contributed by atoms with Crippen LogP contribution >= 0.6 is 11.3 Å². The van der Waals surface area contributed by atoms with Crippen molar-refractivity contribution < 1.29 is 4.79 Å². The molecule has 0 spiro atoms. The molecule has 1 saturated heterocycles. The zero-order chi connectivity index (χ0) is 15.9. The number of hydrogen-bond acceptors (Lipinski definition) is 3. The molecule has 4 heteroatoms. The zero-order valence-electron chi connectivity index (χ0n) is 13.4. The monoisotopic (exact) mass is 328 g/mol. The van der Waals surface area contributed by atoms with Gasteiger partial charge in [-0.2, -0.15) is 0 Å². The molecule has 1 fully saturated rings. The Kier molecular flexibility index (Phi) is 5.83. The molecule has 0 radical (unpaired) electrons. The van der Waals surface area contributed by atoms with Crippen LogP contribution in [0.1, 0.15) is 35.7 Å². The molecule has 2 heterocycles. The predicted octanol–water partition coefficient (Wildman–Crippen LogP) is 3.63.